The summed E-state index contributed by atoms with van der Waals surface area (Å²) < 4.78 is 16.3. The van der Waals surface area contributed by atoms with Gasteiger partial charge in [0.25, 0.3) is 0 Å². The summed E-state index contributed by atoms with van der Waals surface area (Å²) in [6.07, 6.45) is 1.25. The summed E-state index contributed by atoms with van der Waals surface area (Å²) in [6, 6.07) is 4.99. The number of rotatable bonds is 6. The fourth-order valence-electron chi connectivity index (χ4n) is 1.90. The zero-order valence-corrected chi connectivity index (χ0v) is 12.6. The van der Waals surface area contributed by atoms with Crippen molar-refractivity contribution >= 4 is 23.2 Å². The standard InChI is InChI=1S/C14H18Cl2O4/c15-13-2-1-12(7-14(13)16)20-9-10(17)8-19-11-3-5-18-6-4-11/h1-2,7,10-11,17H,3-6,8-9H2. The van der Waals surface area contributed by atoms with Gasteiger partial charge in [-0.25, -0.2) is 0 Å². The Morgan fingerprint density at radius 3 is 2.65 bits per heavy atom. The van der Waals surface area contributed by atoms with Crippen molar-refractivity contribution in [1.29, 1.82) is 0 Å². The van der Waals surface area contributed by atoms with Gasteiger partial charge in [0.1, 0.15) is 18.5 Å². The molecule has 20 heavy (non-hydrogen) atoms. The van der Waals surface area contributed by atoms with Crippen LogP contribution in [0.2, 0.25) is 10.0 Å². The monoisotopic (exact) mass is 320 g/mol. The van der Waals surface area contributed by atoms with Gasteiger partial charge in [-0.05, 0) is 25.0 Å². The predicted octanol–water partition coefficient (Wildman–Crippen LogP) is 2.93. The average molecular weight is 321 g/mol. The van der Waals surface area contributed by atoms with Crippen molar-refractivity contribution in [3.63, 3.8) is 0 Å². The van der Waals surface area contributed by atoms with Gasteiger partial charge >= 0.3 is 0 Å². The molecular formula is C14H18Cl2O4. The van der Waals surface area contributed by atoms with E-state index in [-0.39, 0.29) is 19.3 Å². The lowest BCUT2D eigenvalue weighted by Crippen LogP contribution is -2.30. The Kier molecular flexibility index (Phi) is 6.39. The van der Waals surface area contributed by atoms with E-state index in [1.807, 2.05) is 0 Å². The molecule has 1 unspecified atom stereocenters. The molecule has 0 spiro atoms. The zero-order valence-electron chi connectivity index (χ0n) is 11.1. The Hall–Kier alpha value is -0.520. The highest BCUT2D eigenvalue weighted by Crippen LogP contribution is 2.26. The molecule has 0 aromatic heterocycles. The second-order valence-corrected chi connectivity index (χ2v) is 5.50. The second kappa shape index (κ2) is 8.05. The molecule has 0 radical (unpaired) electrons. The molecule has 1 aliphatic rings. The fourth-order valence-corrected chi connectivity index (χ4v) is 2.19. The Morgan fingerprint density at radius 1 is 1.20 bits per heavy atom. The lowest BCUT2D eigenvalue weighted by Gasteiger charge is -2.23. The van der Waals surface area contributed by atoms with Crippen LogP contribution in [0.5, 0.6) is 5.75 Å². The third-order valence-electron chi connectivity index (χ3n) is 3.03. The zero-order chi connectivity index (χ0) is 14.4. The van der Waals surface area contributed by atoms with Crippen LogP contribution in [0, 0.1) is 0 Å². The number of aliphatic hydroxyl groups is 1. The second-order valence-electron chi connectivity index (χ2n) is 4.69. The summed E-state index contributed by atoms with van der Waals surface area (Å²) >= 11 is 11.7. The summed E-state index contributed by atoms with van der Waals surface area (Å²) in [5, 5.41) is 10.7. The smallest absolute Gasteiger partial charge is 0.121 e. The Balaban J connectivity index is 1.68. The van der Waals surface area contributed by atoms with Crippen molar-refractivity contribution in [3.8, 4) is 5.75 Å². The summed E-state index contributed by atoms with van der Waals surface area (Å²) in [6.45, 7) is 1.86. The van der Waals surface area contributed by atoms with Gasteiger partial charge in [0.2, 0.25) is 0 Å². The molecule has 0 saturated carbocycles. The summed E-state index contributed by atoms with van der Waals surface area (Å²) in [4.78, 5) is 0. The van der Waals surface area contributed by atoms with Crippen molar-refractivity contribution in [2.45, 2.75) is 25.0 Å². The van der Waals surface area contributed by atoms with Crippen LogP contribution in [0.3, 0.4) is 0 Å². The van der Waals surface area contributed by atoms with Crippen molar-refractivity contribution in [2.75, 3.05) is 26.4 Å². The molecule has 1 aliphatic heterocycles. The first-order valence-corrected chi connectivity index (χ1v) is 7.36. The molecule has 1 N–H and O–H groups in total. The van der Waals surface area contributed by atoms with Crippen LogP contribution >= 0.6 is 23.2 Å². The van der Waals surface area contributed by atoms with E-state index < -0.39 is 6.10 Å². The van der Waals surface area contributed by atoms with E-state index in [9.17, 15) is 5.11 Å². The molecule has 0 aliphatic carbocycles. The molecule has 6 heteroatoms. The molecule has 0 amide bonds. The molecule has 0 bridgehead atoms. The molecule has 1 saturated heterocycles. The van der Waals surface area contributed by atoms with E-state index in [0.29, 0.717) is 15.8 Å². The number of halogens is 2. The SMILES string of the molecule is OC(COc1ccc(Cl)c(Cl)c1)COC1CCOCC1. The maximum Gasteiger partial charge on any atom is 0.121 e. The lowest BCUT2D eigenvalue weighted by molar-refractivity contribution is -0.0659. The number of hydrogen-bond acceptors (Lipinski definition) is 4. The van der Waals surface area contributed by atoms with E-state index in [1.165, 1.54) is 0 Å². The van der Waals surface area contributed by atoms with Gasteiger partial charge < -0.3 is 19.3 Å². The molecule has 1 fully saturated rings. The molecular weight excluding hydrogens is 303 g/mol. The maximum atomic E-state index is 9.82. The van der Waals surface area contributed by atoms with Gasteiger partial charge in [0.15, 0.2) is 0 Å². The van der Waals surface area contributed by atoms with E-state index in [2.05, 4.69) is 0 Å². The third kappa shape index (κ3) is 5.11. The van der Waals surface area contributed by atoms with Gasteiger partial charge in [-0.1, -0.05) is 23.2 Å². The van der Waals surface area contributed by atoms with Crippen LogP contribution in [0.25, 0.3) is 0 Å². The first kappa shape index (κ1) is 15.9. The van der Waals surface area contributed by atoms with Crippen LogP contribution in [-0.2, 0) is 9.47 Å². The molecule has 1 aromatic rings. The molecule has 112 valence electrons. The number of aliphatic hydroxyl groups excluding tert-OH is 1. The van der Waals surface area contributed by atoms with Crippen molar-refractivity contribution in [2.24, 2.45) is 0 Å². The number of hydrogen-bond donors (Lipinski definition) is 1. The highest BCUT2D eigenvalue weighted by atomic mass is 35.5. The molecule has 2 rings (SSSR count). The Morgan fingerprint density at radius 2 is 1.95 bits per heavy atom. The average Bonchev–Trinajstić information content (AvgIpc) is 2.47. The number of ether oxygens (including phenoxy) is 3. The van der Waals surface area contributed by atoms with Gasteiger partial charge in [0, 0.05) is 19.3 Å². The van der Waals surface area contributed by atoms with Crippen LogP contribution in [0.15, 0.2) is 18.2 Å². The fraction of sp³-hybridized carbons (Fsp3) is 0.571. The summed E-state index contributed by atoms with van der Waals surface area (Å²) in [5.41, 5.74) is 0. The normalized spacial score (nSPS) is 17.9. The van der Waals surface area contributed by atoms with Crippen LogP contribution in [0.4, 0.5) is 0 Å². The summed E-state index contributed by atoms with van der Waals surface area (Å²) in [5.74, 6) is 0.574. The van der Waals surface area contributed by atoms with E-state index in [0.717, 1.165) is 26.1 Å². The number of benzene rings is 1. The first-order valence-electron chi connectivity index (χ1n) is 6.60. The molecule has 1 heterocycles. The van der Waals surface area contributed by atoms with Crippen molar-refractivity contribution in [3.05, 3.63) is 28.2 Å². The van der Waals surface area contributed by atoms with E-state index in [4.69, 9.17) is 37.4 Å². The highest BCUT2D eigenvalue weighted by Gasteiger charge is 2.16. The minimum absolute atomic E-state index is 0.154. The van der Waals surface area contributed by atoms with Gasteiger partial charge in [0.05, 0.1) is 22.8 Å². The van der Waals surface area contributed by atoms with Gasteiger partial charge in [-0.3, -0.25) is 0 Å². The lowest BCUT2D eigenvalue weighted by atomic mass is 10.1. The van der Waals surface area contributed by atoms with Crippen LogP contribution in [0.1, 0.15) is 12.8 Å². The molecule has 4 nitrogen and oxygen atoms in total. The predicted molar refractivity (Wildman–Crippen MR) is 77.8 cm³/mol. The third-order valence-corrected chi connectivity index (χ3v) is 3.77. The quantitative estimate of drug-likeness (QED) is 0.875. The topological polar surface area (TPSA) is 47.9 Å². The van der Waals surface area contributed by atoms with E-state index in [1.54, 1.807) is 18.2 Å². The van der Waals surface area contributed by atoms with Crippen molar-refractivity contribution < 1.29 is 19.3 Å². The molecule has 1 aromatic carbocycles. The highest BCUT2D eigenvalue weighted by molar-refractivity contribution is 6.42. The Bertz CT molecular complexity index is 422. The van der Waals surface area contributed by atoms with Crippen LogP contribution in [-0.4, -0.2) is 43.7 Å². The van der Waals surface area contributed by atoms with Crippen molar-refractivity contribution in [1.82, 2.24) is 0 Å². The minimum Gasteiger partial charge on any atom is -0.491 e. The Labute approximate surface area is 128 Å². The van der Waals surface area contributed by atoms with Gasteiger partial charge in [-0.15, -0.1) is 0 Å². The minimum atomic E-state index is -0.674. The van der Waals surface area contributed by atoms with Crippen LogP contribution < -0.4 is 4.74 Å². The van der Waals surface area contributed by atoms with Gasteiger partial charge in [-0.2, -0.15) is 0 Å². The largest absolute Gasteiger partial charge is 0.491 e. The molecule has 1 atom stereocenters. The van der Waals surface area contributed by atoms with E-state index >= 15 is 0 Å². The summed E-state index contributed by atoms with van der Waals surface area (Å²) in [7, 11) is 0. The first-order chi connectivity index (χ1) is 9.65. The maximum absolute atomic E-state index is 9.82.